The Hall–Kier alpha value is -1.47. The van der Waals surface area contributed by atoms with Crippen molar-refractivity contribution in [2.45, 2.75) is 26.4 Å². The maximum Gasteiger partial charge on any atom is 0.170 e. The summed E-state index contributed by atoms with van der Waals surface area (Å²) in [4.78, 5) is 0. The van der Waals surface area contributed by atoms with Crippen LogP contribution in [0.1, 0.15) is 19.7 Å². The van der Waals surface area contributed by atoms with E-state index >= 15 is 0 Å². The molecular weight excluding hydrogens is 310 g/mol. The fraction of sp³-hybridized carbons (Fsp3) is 0.417. The lowest BCUT2D eigenvalue weighted by Gasteiger charge is -2.10. The third kappa shape index (κ3) is 3.30. The van der Waals surface area contributed by atoms with Crippen LogP contribution in [0.4, 0.5) is 0 Å². The number of hydrogen-bond acceptors (Lipinski definition) is 5. The molecule has 0 aliphatic carbocycles. The zero-order chi connectivity index (χ0) is 13.8. The number of methoxy groups -OCH3 is 1. The van der Waals surface area contributed by atoms with Crippen LogP contribution in [0.15, 0.2) is 22.7 Å². The third-order valence-corrected chi connectivity index (χ3v) is 3.24. The normalized spacial score (nSPS) is 11.0. The molecule has 2 rings (SSSR count). The van der Waals surface area contributed by atoms with Crippen molar-refractivity contribution in [1.29, 1.82) is 0 Å². The zero-order valence-corrected chi connectivity index (χ0v) is 12.7. The van der Waals surface area contributed by atoms with Crippen LogP contribution < -0.4 is 10.1 Å². The van der Waals surface area contributed by atoms with Gasteiger partial charge in [-0.1, -0.05) is 13.8 Å². The van der Waals surface area contributed by atoms with Crippen molar-refractivity contribution in [3.05, 3.63) is 28.5 Å². The average molecular weight is 326 g/mol. The molecule has 1 heterocycles. The molecule has 0 unspecified atom stereocenters. The molecule has 0 fully saturated rings. The highest BCUT2D eigenvalue weighted by Crippen LogP contribution is 2.27. The van der Waals surface area contributed by atoms with E-state index in [1.807, 2.05) is 18.2 Å². The first-order valence-electron chi connectivity index (χ1n) is 5.96. The van der Waals surface area contributed by atoms with Gasteiger partial charge in [-0.15, -0.1) is 5.10 Å². The largest absolute Gasteiger partial charge is 0.495 e. The van der Waals surface area contributed by atoms with Gasteiger partial charge in [0.15, 0.2) is 5.82 Å². The molecule has 6 nitrogen and oxygen atoms in total. The van der Waals surface area contributed by atoms with E-state index in [-0.39, 0.29) is 0 Å². The number of halogens is 1. The molecule has 0 saturated carbocycles. The van der Waals surface area contributed by atoms with Gasteiger partial charge in [0, 0.05) is 12.1 Å². The highest BCUT2D eigenvalue weighted by Gasteiger charge is 2.10. The molecular formula is C12H16BrN5O. The highest BCUT2D eigenvalue weighted by atomic mass is 79.9. The molecule has 0 radical (unpaired) electrons. The van der Waals surface area contributed by atoms with Gasteiger partial charge in [0.2, 0.25) is 0 Å². The zero-order valence-electron chi connectivity index (χ0n) is 11.1. The summed E-state index contributed by atoms with van der Waals surface area (Å²) in [7, 11) is 1.63. The number of rotatable bonds is 5. The van der Waals surface area contributed by atoms with Crippen molar-refractivity contribution < 1.29 is 4.74 Å². The van der Waals surface area contributed by atoms with Gasteiger partial charge in [0.25, 0.3) is 0 Å². The van der Waals surface area contributed by atoms with Gasteiger partial charge in [-0.2, -0.15) is 4.68 Å². The van der Waals surface area contributed by atoms with Crippen LogP contribution in [0.5, 0.6) is 5.75 Å². The predicted molar refractivity (Wildman–Crippen MR) is 75.4 cm³/mol. The first-order chi connectivity index (χ1) is 9.11. The highest BCUT2D eigenvalue weighted by molar-refractivity contribution is 9.10. The van der Waals surface area contributed by atoms with Crippen LogP contribution in [0.25, 0.3) is 5.69 Å². The van der Waals surface area contributed by atoms with Crippen molar-refractivity contribution in [2.75, 3.05) is 7.11 Å². The van der Waals surface area contributed by atoms with Gasteiger partial charge in [-0.05, 0) is 38.5 Å². The first kappa shape index (κ1) is 14.0. The van der Waals surface area contributed by atoms with Gasteiger partial charge in [0.05, 0.1) is 23.8 Å². The minimum absolute atomic E-state index is 0.379. The van der Waals surface area contributed by atoms with Gasteiger partial charge < -0.3 is 10.1 Å². The van der Waals surface area contributed by atoms with E-state index in [1.165, 1.54) is 0 Å². The van der Waals surface area contributed by atoms with Crippen molar-refractivity contribution >= 4 is 15.9 Å². The second kappa shape index (κ2) is 6.12. The fourth-order valence-corrected chi connectivity index (χ4v) is 2.00. The second-order valence-electron chi connectivity index (χ2n) is 4.36. The lowest BCUT2D eigenvalue weighted by Crippen LogP contribution is -2.24. The van der Waals surface area contributed by atoms with Crippen LogP contribution in [0.2, 0.25) is 0 Å². The summed E-state index contributed by atoms with van der Waals surface area (Å²) < 4.78 is 7.87. The van der Waals surface area contributed by atoms with Gasteiger partial charge >= 0.3 is 0 Å². The number of ether oxygens (including phenoxy) is 1. The fourth-order valence-electron chi connectivity index (χ4n) is 1.59. The van der Waals surface area contributed by atoms with Gasteiger partial charge in [-0.3, -0.25) is 0 Å². The molecule has 2 aromatic rings. The molecule has 102 valence electrons. The Morgan fingerprint density at radius 2 is 2.21 bits per heavy atom. The summed E-state index contributed by atoms with van der Waals surface area (Å²) in [6, 6.07) is 6.11. The van der Waals surface area contributed by atoms with E-state index in [0.717, 1.165) is 21.7 Å². The number of nitrogens with zero attached hydrogens (tertiary/aromatic N) is 4. The van der Waals surface area contributed by atoms with Crippen molar-refractivity contribution in [1.82, 2.24) is 25.5 Å². The number of hydrogen-bond donors (Lipinski definition) is 1. The van der Waals surface area contributed by atoms with E-state index in [0.29, 0.717) is 12.6 Å². The van der Waals surface area contributed by atoms with E-state index in [4.69, 9.17) is 4.74 Å². The summed E-state index contributed by atoms with van der Waals surface area (Å²) in [6.45, 7) is 4.77. The van der Waals surface area contributed by atoms with E-state index in [9.17, 15) is 0 Å². The van der Waals surface area contributed by atoms with Crippen molar-refractivity contribution in [3.63, 3.8) is 0 Å². The smallest absolute Gasteiger partial charge is 0.170 e. The monoisotopic (exact) mass is 325 g/mol. The van der Waals surface area contributed by atoms with Gasteiger partial charge in [0.1, 0.15) is 5.75 Å². The Morgan fingerprint density at radius 3 is 2.89 bits per heavy atom. The Balaban J connectivity index is 2.29. The average Bonchev–Trinajstić information content (AvgIpc) is 2.85. The SMILES string of the molecule is COc1cc(-n2nnnc2CNC(C)C)ccc1Br. The van der Waals surface area contributed by atoms with Crippen molar-refractivity contribution in [2.24, 2.45) is 0 Å². The summed E-state index contributed by atoms with van der Waals surface area (Å²) in [5, 5.41) is 15.1. The minimum atomic E-state index is 0.379. The molecule has 1 N–H and O–H groups in total. The van der Waals surface area contributed by atoms with E-state index in [2.05, 4.69) is 50.6 Å². The lowest BCUT2D eigenvalue weighted by molar-refractivity contribution is 0.411. The maximum atomic E-state index is 5.28. The van der Waals surface area contributed by atoms with E-state index in [1.54, 1.807) is 11.8 Å². The molecule has 1 aromatic heterocycles. The Labute approximate surface area is 120 Å². The Morgan fingerprint density at radius 1 is 1.42 bits per heavy atom. The number of tetrazole rings is 1. The lowest BCUT2D eigenvalue weighted by atomic mass is 10.3. The molecule has 0 bridgehead atoms. The summed E-state index contributed by atoms with van der Waals surface area (Å²) in [5.41, 5.74) is 0.866. The molecule has 19 heavy (non-hydrogen) atoms. The molecule has 0 atom stereocenters. The van der Waals surface area contributed by atoms with Crippen LogP contribution in [0.3, 0.4) is 0 Å². The number of benzene rings is 1. The summed E-state index contributed by atoms with van der Waals surface area (Å²) in [5.74, 6) is 1.51. The molecule has 0 saturated heterocycles. The minimum Gasteiger partial charge on any atom is -0.495 e. The van der Waals surface area contributed by atoms with Crippen LogP contribution in [0, 0.1) is 0 Å². The first-order valence-corrected chi connectivity index (χ1v) is 6.75. The molecule has 0 aliphatic rings. The Kier molecular flexibility index (Phi) is 4.49. The van der Waals surface area contributed by atoms with E-state index < -0.39 is 0 Å². The molecule has 7 heteroatoms. The quantitative estimate of drug-likeness (QED) is 0.910. The predicted octanol–water partition coefficient (Wildman–Crippen LogP) is 1.93. The van der Waals surface area contributed by atoms with Gasteiger partial charge in [-0.25, -0.2) is 0 Å². The maximum absolute atomic E-state index is 5.28. The molecule has 1 aromatic carbocycles. The summed E-state index contributed by atoms with van der Waals surface area (Å²) >= 11 is 3.42. The number of aromatic nitrogens is 4. The van der Waals surface area contributed by atoms with Crippen molar-refractivity contribution in [3.8, 4) is 11.4 Å². The molecule has 0 aliphatic heterocycles. The van der Waals surface area contributed by atoms with Crippen LogP contribution in [-0.2, 0) is 6.54 Å². The van der Waals surface area contributed by atoms with Crippen LogP contribution in [-0.4, -0.2) is 33.4 Å². The molecule has 0 spiro atoms. The second-order valence-corrected chi connectivity index (χ2v) is 5.22. The Bertz CT molecular complexity index is 555. The number of nitrogens with one attached hydrogen (secondary N) is 1. The summed E-state index contributed by atoms with van der Waals surface area (Å²) in [6.07, 6.45) is 0. The standard InChI is InChI=1S/C12H16BrN5O/c1-8(2)14-7-12-15-16-17-18(12)9-4-5-10(13)11(6-9)19-3/h4-6,8,14H,7H2,1-3H3. The van der Waals surface area contributed by atoms with Crippen LogP contribution >= 0.6 is 15.9 Å². The third-order valence-electron chi connectivity index (χ3n) is 2.58. The topological polar surface area (TPSA) is 64.9 Å². The molecule has 0 amide bonds.